The molecule has 0 spiro atoms. The number of rotatable bonds is 4. The van der Waals surface area contributed by atoms with Crippen molar-refractivity contribution in [2.24, 2.45) is 0 Å². The molecule has 0 atom stereocenters. The zero-order chi connectivity index (χ0) is 18.0. The Kier molecular flexibility index (Phi) is 4.91. The van der Waals surface area contributed by atoms with Gasteiger partial charge in [0.1, 0.15) is 10.6 Å². The lowest BCUT2D eigenvalue weighted by Gasteiger charge is -2.34. The van der Waals surface area contributed by atoms with Gasteiger partial charge in [-0.05, 0) is 19.4 Å². The summed E-state index contributed by atoms with van der Waals surface area (Å²) in [6.45, 7) is 4.51. The Hall–Kier alpha value is -2.19. The molecule has 1 amide bonds. The Morgan fingerprint density at radius 3 is 2.32 bits per heavy atom. The van der Waals surface area contributed by atoms with E-state index in [1.165, 1.54) is 4.31 Å². The van der Waals surface area contributed by atoms with Gasteiger partial charge in [0.15, 0.2) is 5.76 Å². The van der Waals surface area contributed by atoms with Gasteiger partial charge < -0.3 is 9.42 Å². The SMILES string of the molecule is Cc1noc(C)c1S(=O)(=O)N1CCN(C(=O)Cc2ccccc2)CC1. The minimum absolute atomic E-state index is 0.0144. The molecule has 0 aliphatic carbocycles. The second-order valence-electron chi connectivity index (χ2n) is 6.10. The number of aryl methyl sites for hydroxylation is 2. The first-order chi connectivity index (χ1) is 11.9. The number of nitrogens with zero attached hydrogens (tertiary/aromatic N) is 3. The lowest BCUT2D eigenvalue weighted by atomic mass is 10.1. The van der Waals surface area contributed by atoms with Crippen molar-refractivity contribution in [1.29, 1.82) is 0 Å². The molecule has 8 heteroatoms. The fourth-order valence-corrected chi connectivity index (χ4v) is 4.75. The van der Waals surface area contributed by atoms with Crippen LogP contribution in [0.1, 0.15) is 17.0 Å². The van der Waals surface area contributed by atoms with E-state index >= 15 is 0 Å². The first-order valence-electron chi connectivity index (χ1n) is 8.14. The van der Waals surface area contributed by atoms with Gasteiger partial charge in [-0.25, -0.2) is 8.42 Å². The highest BCUT2D eigenvalue weighted by Crippen LogP contribution is 2.24. The first kappa shape index (κ1) is 17.6. The van der Waals surface area contributed by atoms with Gasteiger partial charge in [0.25, 0.3) is 0 Å². The summed E-state index contributed by atoms with van der Waals surface area (Å²) in [5, 5.41) is 3.72. The zero-order valence-electron chi connectivity index (χ0n) is 14.3. The maximum absolute atomic E-state index is 12.8. The van der Waals surface area contributed by atoms with Crippen LogP contribution >= 0.6 is 0 Å². The fourth-order valence-electron chi connectivity index (χ4n) is 3.03. The average Bonchev–Trinajstić information content (AvgIpc) is 2.95. The molecule has 1 saturated heterocycles. The van der Waals surface area contributed by atoms with Crippen LogP contribution in [0.5, 0.6) is 0 Å². The predicted octanol–water partition coefficient (Wildman–Crippen LogP) is 1.37. The van der Waals surface area contributed by atoms with E-state index in [9.17, 15) is 13.2 Å². The first-order valence-corrected chi connectivity index (χ1v) is 9.58. The van der Waals surface area contributed by atoms with Crippen LogP contribution in [0.4, 0.5) is 0 Å². The van der Waals surface area contributed by atoms with Crippen molar-refractivity contribution in [3.05, 3.63) is 47.3 Å². The Labute approximate surface area is 147 Å². The van der Waals surface area contributed by atoms with Crippen molar-refractivity contribution in [2.45, 2.75) is 25.2 Å². The van der Waals surface area contributed by atoms with Gasteiger partial charge in [0, 0.05) is 26.2 Å². The normalized spacial score (nSPS) is 16.2. The number of amides is 1. The minimum atomic E-state index is -3.65. The van der Waals surface area contributed by atoms with E-state index in [-0.39, 0.29) is 23.9 Å². The molecule has 7 nitrogen and oxygen atoms in total. The molecule has 1 aromatic carbocycles. The number of benzene rings is 1. The molecular formula is C17H21N3O4S. The Balaban J connectivity index is 1.65. The van der Waals surface area contributed by atoms with Crippen molar-refractivity contribution >= 4 is 15.9 Å². The molecule has 2 heterocycles. The standard InChI is InChI=1S/C17H21N3O4S/c1-13-17(14(2)24-18-13)25(22,23)20-10-8-19(9-11-20)16(21)12-15-6-4-3-5-7-15/h3-7H,8-12H2,1-2H3. The largest absolute Gasteiger partial charge is 0.360 e. The van der Waals surface area contributed by atoms with Crippen molar-refractivity contribution in [2.75, 3.05) is 26.2 Å². The van der Waals surface area contributed by atoms with E-state index in [1.807, 2.05) is 30.3 Å². The number of sulfonamides is 1. The third kappa shape index (κ3) is 3.59. The average molecular weight is 363 g/mol. The molecule has 25 heavy (non-hydrogen) atoms. The molecule has 2 aromatic rings. The monoisotopic (exact) mass is 363 g/mol. The highest BCUT2D eigenvalue weighted by Gasteiger charge is 2.34. The second-order valence-corrected chi connectivity index (χ2v) is 7.98. The molecule has 1 fully saturated rings. The molecular weight excluding hydrogens is 342 g/mol. The topological polar surface area (TPSA) is 83.7 Å². The van der Waals surface area contributed by atoms with Crippen LogP contribution in [0.2, 0.25) is 0 Å². The third-order valence-electron chi connectivity index (χ3n) is 4.36. The van der Waals surface area contributed by atoms with Gasteiger partial charge in [0.2, 0.25) is 15.9 Å². The number of piperazine rings is 1. The lowest BCUT2D eigenvalue weighted by Crippen LogP contribution is -2.51. The van der Waals surface area contributed by atoms with Gasteiger partial charge >= 0.3 is 0 Å². The summed E-state index contributed by atoms with van der Waals surface area (Å²) < 4.78 is 31.9. The summed E-state index contributed by atoms with van der Waals surface area (Å²) in [5.41, 5.74) is 1.32. The van der Waals surface area contributed by atoms with Crippen LogP contribution in [-0.2, 0) is 21.2 Å². The smallest absolute Gasteiger partial charge is 0.248 e. The summed E-state index contributed by atoms with van der Waals surface area (Å²) in [4.78, 5) is 14.2. The van der Waals surface area contributed by atoms with Crippen LogP contribution in [0.25, 0.3) is 0 Å². The molecule has 0 saturated carbocycles. The summed E-state index contributed by atoms with van der Waals surface area (Å²) in [7, 11) is -3.65. The third-order valence-corrected chi connectivity index (χ3v) is 6.50. The fraction of sp³-hybridized carbons (Fsp3) is 0.412. The van der Waals surface area contributed by atoms with Crippen LogP contribution in [0.15, 0.2) is 39.8 Å². The van der Waals surface area contributed by atoms with Gasteiger partial charge in [0.05, 0.1) is 6.42 Å². The molecule has 0 radical (unpaired) electrons. The minimum Gasteiger partial charge on any atom is -0.360 e. The van der Waals surface area contributed by atoms with Gasteiger partial charge in [-0.2, -0.15) is 4.31 Å². The molecule has 1 aromatic heterocycles. The quantitative estimate of drug-likeness (QED) is 0.819. The maximum atomic E-state index is 12.8. The molecule has 0 bridgehead atoms. The lowest BCUT2D eigenvalue weighted by molar-refractivity contribution is -0.131. The Morgan fingerprint density at radius 2 is 1.76 bits per heavy atom. The van der Waals surface area contributed by atoms with Crippen LogP contribution in [0.3, 0.4) is 0 Å². The maximum Gasteiger partial charge on any atom is 0.248 e. The Morgan fingerprint density at radius 1 is 1.12 bits per heavy atom. The molecule has 134 valence electrons. The summed E-state index contributed by atoms with van der Waals surface area (Å²) in [5.74, 6) is 0.306. The molecule has 0 unspecified atom stereocenters. The highest BCUT2D eigenvalue weighted by atomic mass is 32.2. The van der Waals surface area contributed by atoms with Gasteiger partial charge in [-0.3, -0.25) is 4.79 Å². The van der Waals surface area contributed by atoms with Crippen molar-refractivity contribution in [3.63, 3.8) is 0 Å². The van der Waals surface area contributed by atoms with Gasteiger partial charge in [-0.1, -0.05) is 35.5 Å². The van der Waals surface area contributed by atoms with Crippen LogP contribution in [0, 0.1) is 13.8 Å². The zero-order valence-corrected chi connectivity index (χ0v) is 15.1. The number of hydrogen-bond acceptors (Lipinski definition) is 5. The summed E-state index contributed by atoms with van der Waals surface area (Å²) in [6.07, 6.45) is 0.331. The summed E-state index contributed by atoms with van der Waals surface area (Å²) >= 11 is 0. The molecule has 1 aliphatic rings. The second kappa shape index (κ2) is 6.97. The summed E-state index contributed by atoms with van der Waals surface area (Å²) in [6, 6.07) is 9.53. The van der Waals surface area contributed by atoms with Crippen molar-refractivity contribution < 1.29 is 17.7 Å². The van der Waals surface area contributed by atoms with E-state index < -0.39 is 10.0 Å². The van der Waals surface area contributed by atoms with E-state index in [1.54, 1.807) is 18.7 Å². The van der Waals surface area contributed by atoms with E-state index in [0.717, 1.165) is 5.56 Å². The van der Waals surface area contributed by atoms with Gasteiger partial charge in [-0.15, -0.1) is 0 Å². The molecule has 0 N–H and O–H groups in total. The number of aromatic nitrogens is 1. The van der Waals surface area contributed by atoms with Crippen LogP contribution < -0.4 is 0 Å². The van der Waals surface area contributed by atoms with Crippen LogP contribution in [-0.4, -0.2) is 54.9 Å². The molecule has 3 rings (SSSR count). The van der Waals surface area contributed by atoms with Crippen molar-refractivity contribution in [3.8, 4) is 0 Å². The molecule has 1 aliphatic heterocycles. The Bertz CT molecular complexity index is 834. The highest BCUT2D eigenvalue weighted by molar-refractivity contribution is 7.89. The van der Waals surface area contributed by atoms with E-state index in [4.69, 9.17) is 4.52 Å². The van der Waals surface area contributed by atoms with E-state index in [0.29, 0.717) is 31.0 Å². The van der Waals surface area contributed by atoms with E-state index in [2.05, 4.69) is 5.16 Å². The number of carbonyl (C=O) groups excluding carboxylic acids is 1. The number of carbonyl (C=O) groups is 1. The predicted molar refractivity (Wildman–Crippen MR) is 91.5 cm³/mol. The number of hydrogen-bond donors (Lipinski definition) is 0. The van der Waals surface area contributed by atoms with Crippen molar-refractivity contribution in [1.82, 2.24) is 14.4 Å².